The Bertz CT molecular complexity index is 974. The van der Waals surface area contributed by atoms with Gasteiger partial charge in [-0.3, -0.25) is 14.6 Å². The largest absolute Gasteiger partial charge is 0.379 e. The molecule has 4 rings (SSSR count). The van der Waals surface area contributed by atoms with E-state index >= 15 is 0 Å². The van der Waals surface area contributed by atoms with Gasteiger partial charge in [0.05, 0.1) is 23.4 Å². The van der Waals surface area contributed by atoms with E-state index in [1.807, 2.05) is 4.90 Å². The van der Waals surface area contributed by atoms with E-state index in [4.69, 9.17) is 21.3 Å². The van der Waals surface area contributed by atoms with Crippen LogP contribution < -0.4 is 4.90 Å². The average Bonchev–Trinajstić information content (AvgIpc) is 3.19. The second kappa shape index (κ2) is 8.79. The van der Waals surface area contributed by atoms with Gasteiger partial charge in [0.2, 0.25) is 0 Å². The maximum Gasteiger partial charge on any atom is 0.260 e. The van der Waals surface area contributed by atoms with Gasteiger partial charge in [-0.05, 0) is 49.2 Å². The van der Waals surface area contributed by atoms with Crippen molar-refractivity contribution >= 4 is 44.2 Å². The Balaban J connectivity index is 1.67. The molecule has 0 unspecified atom stereocenters. The predicted molar refractivity (Wildman–Crippen MR) is 119 cm³/mol. The van der Waals surface area contributed by atoms with Gasteiger partial charge in [0, 0.05) is 36.8 Å². The summed E-state index contributed by atoms with van der Waals surface area (Å²) in [5.74, 6) is -0.0516. The highest BCUT2D eigenvalue weighted by molar-refractivity contribution is 7.22. The third-order valence-corrected chi connectivity index (χ3v) is 6.71. The van der Waals surface area contributed by atoms with Crippen molar-refractivity contribution in [2.75, 3.05) is 44.3 Å². The van der Waals surface area contributed by atoms with Gasteiger partial charge in [0.1, 0.15) is 0 Å². The van der Waals surface area contributed by atoms with Gasteiger partial charge in [-0.15, -0.1) is 0 Å². The molecular formula is C22H24ClN3O2S. The van der Waals surface area contributed by atoms with Gasteiger partial charge >= 0.3 is 0 Å². The van der Waals surface area contributed by atoms with Crippen LogP contribution in [-0.4, -0.2) is 55.2 Å². The number of aryl methyl sites for hydroxylation is 2. The molecule has 2 aromatic carbocycles. The minimum atomic E-state index is -0.0516. The molecule has 1 saturated heterocycles. The van der Waals surface area contributed by atoms with Crippen LogP contribution in [0.25, 0.3) is 10.2 Å². The second-order valence-corrected chi connectivity index (χ2v) is 8.71. The van der Waals surface area contributed by atoms with Crippen molar-refractivity contribution in [3.05, 3.63) is 58.1 Å². The Morgan fingerprint density at radius 2 is 1.83 bits per heavy atom. The molecule has 1 amide bonds. The number of benzene rings is 2. The number of morpholine rings is 1. The number of rotatable bonds is 5. The Kier molecular flexibility index (Phi) is 6.15. The summed E-state index contributed by atoms with van der Waals surface area (Å²) in [6.45, 7) is 8.78. The molecule has 0 radical (unpaired) electrons. The number of anilines is 1. The van der Waals surface area contributed by atoms with Gasteiger partial charge in [-0.2, -0.15) is 0 Å². The van der Waals surface area contributed by atoms with Crippen LogP contribution in [0, 0.1) is 13.8 Å². The van der Waals surface area contributed by atoms with Gasteiger partial charge in [0.25, 0.3) is 5.91 Å². The Morgan fingerprint density at radius 1 is 1.14 bits per heavy atom. The van der Waals surface area contributed by atoms with Crippen LogP contribution in [0.2, 0.25) is 5.02 Å². The summed E-state index contributed by atoms with van der Waals surface area (Å²) < 4.78 is 6.58. The monoisotopic (exact) mass is 429 g/mol. The second-order valence-electron chi connectivity index (χ2n) is 7.29. The Morgan fingerprint density at radius 3 is 2.52 bits per heavy atom. The number of hydrogen-bond donors (Lipinski definition) is 0. The lowest BCUT2D eigenvalue weighted by Gasteiger charge is -2.29. The minimum Gasteiger partial charge on any atom is -0.379 e. The van der Waals surface area contributed by atoms with Crippen molar-refractivity contribution in [3.8, 4) is 0 Å². The number of nitrogens with zero attached hydrogens (tertiary/aromatic N) is 3. The number of carbonyl (C=O) groups is 1. The van der Waals surface area contributed by atoms with E-state index in [9.17, 15) is 4.79 Å². The lowest BCUT2D eigenvalue weighted by Crippen LogP contribution is -2.43. The number of halogens is 1. The minimum absolute atomic E-state index is 0.0516. The first kappa shape index (κ1) is 20.3. The summed E-state index contributed by atoms with van der Waals surface area (Å²) in [5, 5.41) is 1.36. The summed E-state index contributed by atoms with van der Waals surface area (Å²) in [7, 11) is 0. The molecule has 152 valence electrons. The van der Waals surface area contributed by atoms with Crippen LogP contribution in [0.3, 0.4) is 0 Å². The van der Waals surface area contributed by atoms with Crippen LogP contribution in [0.1, 0.15) is 21.5 Å². The van der Waals surface area contributed by atoms with Crippen LogP contribution in [0.15, 0.2) is 36.4 Å². The van der Waals surface area contributed by atoms with Crippen molar-refractivity contribution < 1.29 is 9.53 Å². The maximum absolute atomic E-state index is 13.4. The van der Waals surface area contributed by atoms with E-state index in [0.29, 0.717) is 17.1 Å². The molecule has 0 bridgehead atoms. The molecule has 0 saturated carbocycles. The number of thiazole rings is 1. The zero-order valence-corrected chi connectivity index (χ0v) is 18.2. The molecular weight excluding hydrogens is 406 g/mol. The molecule has 3 aromatic rings. The summed E-state index contributed by atoms with van der Waals surface area (Å²) >= 11 is 7.59. The van der Waals surface area contributed by atoms with Crippen molar-refractivity contribution in [2.24, 2.45) is 0 Å². The SMILES string of the molecule is Cc1ccc(C)c2sc(N(CCN3CCOCC3)C(=O)c3ccc(Cl)cc3)nc12. The van der Waals surface area contributed by atoms with Gasteiger partial charge in [-0.25, -0.2) is 4.98 Å². The summed E-state index contributed by atoms with van der Waals surface area (Å²) in [4.78, 5) is 22.4. The first-order chi connectivity index (χ1) is 14.0. The molecule has 1 fully saturated rings. The third-order valence-electron chi connectivity index (χ3n) is 5.24. The molecule has 0 atom stereocenters. The lowest BCUT2D eigenvalue weighted by molar-refractivity contribution is 0.0391. The quantitative estimate of drug-likeness (QED) is 0.597. The number of aromatic nitrogens is 1. The standard InChI is InChI=1S/C22H24ClN3O2S/c1-15-3-4-16(2)20-19(15)24-22(29-20)26(10-9-25-11-13-28-14-12-25)21(27)17-5-7-18(23)8-6-17/h3-8H,9-14H2,1-2H3. The van der Waals surface area contributed by atoms with Crippen molar-refractivity contribution in [2.45, 2.75) is 13.8 Å². The molecule has 29 heavy (non-hydrogen) atoms. The van der Waals surface area contributed by atoms with Crippen molar-refractivity contribution in [1.29, 1.82) is 0 Å². The number of amides is 1. The zero-order valence-electron chi connectivity index (χ0n) is 16.7. The van der Waals surface area contributed by atoms with Gasteiger partial charge < -0.3 is 4.74 Å². The molecule has 5 nitrogen and oxygen atoms in total. The number of carbonyl (C=O) groups excluding carboxylic acids is 1. The molecule has 0 spiro atoms. The first-order valence-electron chi connectivity index (χ1n) is 9.77. The van der Waals surface area contributed by atoms with E-state index < -0.39 is 0 Å². The highest BCUT2D eigenvalue weighted by atomic mass is 35.5. The number of hydrogen-bond acceptors (Lipinski definition) is 5. The van der Waals surface area contributed by atoms with E-state index in [1.165, 1.54) is 5.56 Å². The van der Waals surface area contributed by atoms with Crippen LogP contribution in [0.5, 0.6) is 0 Å². The molecule has 1 aliphatic heterocycles. The zero-order chi connectivity index (χ0) is 20.4. The van der Waals surface area contributed by atoms with Crippen LogP contribution in [0.4, 0.5) is 5.13 Å². The predicted octanol–water partition coefficient (Wildman–Crippen LogP) is 4.55. The van der Waals surface area contributed by atoms with Crippen molar-refractivity contribution in [3.63, 3.8) is 0 Å². The first-order valence-corrected chi connectivity index (χ1v) is 11.0. The third kappa shape index (κ3) is 4.46. The molecule has 0 aliphatic carbocycles. The van der Waals surface area contributed by atoms with E-state index in [1.54, 1.807) is 35.6 Å². The molecule has 0 N–H and O–H groups in total. The van der Waals surface area contributed by atoms with Gasteiger partial charge in [0.15, 0.2) is 5.13 Å². The average molecular weight is 430 g/mol. The molecule has 1 aromatic heterocycles. The Hall–Kier alpha value is -1.99. The molecule has 1 aliphatic rings. The number of fused-ring (bicyclic) bond motifs is 1. The van der Waals surface area contributed by atoms with E-state index in [2.05, 4.69) is 30.9 Å². The van der Waals surface area contributed by atoms with Crippen LogP contribution in [-0.2, 0) is 4.74 Å². The lowest BCUT2D eigenvalue weighted by atomic mass is 10.1. The van der Waals surface area contributed by atoms with Gasteiger partial charge in [-0.1, -0.05) is 35.1 Å². The number of ether oxygens (including phenoxy) is 1. The molecule has 7 heteroatoms. The highest BCUT2D eigenvalue weighted by Gasteiger charge is 2.23. The topological polar surface area (TPSA) is 45.7 Å². The van der Waals surface area contributed by atoms with E-state index in [-0.39, 0.29) is 5.91 Å². The molecule has 2 heterocycles. The highest BCUT2D eigenvalue weighted by Crippen LogP contribution is 2.33. The summed E-state index contributed by atoms with van der Waals surface area (Å²) in [5.41, 5.74) is 3.90. The fourth-order valence-electron chi connectivity index (χ4n) is 3.46. The smallest absolute Gasteiger partial charge is 0.260 e. The summed E-state index contributed by atoms with van der Waals surface area (Å²) in [6.07, 6.45) is 0. The Labute approximate surface area is 179 Å². The summed E-state index contributed by atoms with van der Waals surface area (Å²) in [6, 6.07) is 11.2. The maximum atomic E-state index is 13.4. The van der Waals surface area contributed by atoms with E-state index in [0.717, 1.165) is 53.8 Å². The fourth-order valence-corrected chi connectivity index (χ4v) is 4.72. The van der Waals surface area contributed by atoms with Crippen LogP contribution >= 0.6 is 22.9 Å². The normalized spacial score (nSPS) is 15.0. The van der Waals surface area contributed by atoms with Crippen molar-refractivity contribution in [1.82, 2.24) is 9.88 Å². The fraction of sp³-hybridized carbons (Fsp3) is 0.364.